The maximum Gasteiger partial charge on any atom is 0.256 e. The standard InChI is InChI=1S/C17H19N3O4S/c1-13-2-5-15(6-3-13)24-10-8-18-17(21)14-4-7-16-19-25(22,23)11-9-20(16)12-14/h2-7,12H,8-11H2,1H3,(H,18,21). The Morgan fingerprint density at radius 1 is 1.28 bits per heavy atom. The zero-order valence-electron chi connectivity index (χ0n) is 13.8. The zero-order chi connectivity index (χ0) is 17.9. The molecule has 25 heavy (non-hydrogen) atoms. The minimum Gasteiger partial charge on any atom is -0.492 e. The Morgan fingerprint density at radius 2 is 2.04 bits per heavy atom. The van der Waals surface area contributed by atoms with Crippen LogP contribution in [0.15, 0.2) is 52.6 Å². The van der Waals surface area contributed by atoms with Crippen molar-refractivity contribution in [3.05, 3.63) is 53.8 Å². The molecule has 132 valence electrons. The topological polar surface area (TPSA) is 88.1 Å². The number of amidine groups is 1. The highest BCUT2D eigenvalue weighted by atomic mass is 32.2. The quantitative estimate of drug-likeness (QED) is 0.790. The number of aryl methyl sites for hydroxylation is 1. The molecule has 0 fully saturated rings. The first-order chi connectivity index (χ1) is 11.9. The van der Waals surface area contributed by atoms with E-state index in [1.807, 2.05) is 31.2 Å². The van der Waals surface area contributed by atoms with Crippen LogP contribution < -0.4 is 10.1 Å². The van der Waals surface area contributed by atoms with Gasteiger partial charge in [0.05, 0.1) is 17.9 Å². The summed E-state index contributed by atoms with van der Waals surface area (Å²) < 4.78 is 32.2. The van der Waals surface area contributed by atoms with E-state index in [9.17, 15) is 13.2 Å². The first-order valence-electron chi connectivity index (χ1n) is 7.90. The molecule has 0 aliphatic carbocycles. The zero-order valence-corrected chi connectivity index (χ0v) is 14.6. The highest BCUT2D eigenvalue weighted by molar-refractivity contribution is 7.90. The fourth-order valence-corrected chi connectivity index (χ4v) is 3.37. The number of ether oxygens (including phenoxy) is 1. The second-order valence-corrected chi connectivity index (χ2v) is 7.52. The Morgan fingerprint density at radius 3 is 2.80 bits per heavy atom. The Kier molecular flexibility index (Phi) is 4.89. The third-order valence-corrected chi connectivity index (χ3v) is 4.93. The molecule has 7 nitrogen and oxygen atoms in total. The van der Waals surface area contributed by atoms with E-state index in [1.165, 1.54) is 6.08 Å². The monoisotopic (exact) mass is 361 g/mol. The van der Waals surface area contributed by atoms with Crippen LogP contribution >= 0.6 is 0 Å². The van der Waals surface area contributed by atoms with Crippen LogP contribution in [-0.4, -0.2) is 50.5 Å². The molecule has 0 unspecified atom stereocenters. The van der Waals surface area contributed by atoms with Crippen molar-refractivity contribution in [2.75, 3.05) is 25.4 Å². The van der Waals surface area contributed by atoms with E-state index in [2.05, 4.69) is 9.71 Å². The number of hydrogen-bond donors (Lipinski definition) is 1. The van der Waals surface area contributed by atoms with Gasteiger partial charge in [0.25, 0.3) is 15.9 Å². The summed E-state index contributed by atoms with van der Waals surface area (Å²) in [6.45, 7) is 3.02. The number of carbonyl (C=O) groups excluding carboxylic acids is 1. The van der Waals surface area contributed by atoms with Crippen molar-refractivity contribution in [1.82, 2.24) is 10.2 Å². The minimum absolute atomic E-state index is 0.0554. The number of nitrogens with one attached hydrogen (secondary N) is 1. The molecule has 1 aromatic carbocycles. The second kappa shape index (κ2) is 7.10. The van der Waals surface area contributed by atoms with Gasteiger partial charge in [-0.2, -0.15) is 0 Å². The fraction of sp³-hybridized carbons (Fsp3) is 0.294. The van der Waals surface area contributed by atoms with E-state index in [4.69, 9.17) is 4.74 Å². The highest BCUT2D eigenvalue weighted by Gasteiger charge is 2.24. The van der Waals surface area contributed by atoms with Crippen molar-refractivity contribution >= 4 is 21.8 Å². The largest absolute Gasteiger partial charge is 0.492 e. The van der Waals surface area contributed by atoms with E-state index in [0.29, 0.717) is 31.1 Å². The van der Waals surface area contributed by atoms with Crippen LogP contribution in [0, 0.1) is 6.92 Å². The molecule has 0 aromatic heterocycles. The average Bonchev–Trinajstić information content (AvgIpc) is 2.59. The van der Waals surface area contributed by atoms with E-state index in [-0.39, 0.29) is 11.7 Å². The van der Waals surface area contributed by atoms with Gasteiger partial charge >= 0.3 is 0 Å². The summed E-state index contributed by atoms with van der Waals surface area (Å²) in [5.74, 6) is 0.800. The van der Waals surface area contributed by atoms with Crippen molar-refractivity contribution < 1.29 is 17.9 Å². The number of hydrogen-bond acceptors (Lipinski definition) is 5. The van der Waals surface area contributed by atoms with Crippen LogP contribution in [0.1, 0.15) is 5.56 Å². The lowest BCUT2D eigenvalue weighted by atomic mass is 10.2. The van der Waals surface area contributed by atoms with Crippen LogP contribution in [0.3, 0.4) is 0 Å². The molecule has 2 heterocycles. The molecule has 0 saturated heterocycles. The maximum atomic E-state index is 12.2. The predicted molar refractivity (Wildman–Crippen MR) is 94.8 cm³/mol. The first-order valence-corrected chi connectivity index (χ1v) is 9.51. The van der Waals surface area contributed by atoms with E-state index in [1.54, 1.807) is 17.2 Å². The molecule has 3 rings (SSSR count). The molecule has 1 N–H and O–H groups in total. The molecule has 0 atom stereocenters. The van der Waals surface area contributed by atoms with Crippen LogP contribution in [0.5, 0.6) is 5.75 Å². The molecular formula is C17H19N3O4S. The minimum atomic E-state index is -3.39. The average molecular weight is 361 g/mol. The van der Waals surface area contributed by atoms with Gasteiger partial charge in [0.1, 0.15) is 18.2 Å². The third kappa shape index (κ3) is 4.48. The van der Waals surface area contributed by atoms with Crippen molar-refractivity contribution in [3.63, 3.8) is 0 Å². The Balaban J connectivity index is 1.50. The number of rotatable bonds is 5. The number of nitrogens with zero attached hydrogens (tertiary/aromatic N) is 2. The van der Waals surface area contributed by atoms with Gasteiger partial charge in [0.2, 0.25) is 0 Å². The van der Waals surface area contributed by atoms with Gasteiger partial charge in [-0.25, -0.2) is 8.42 Å². The Bertz CT molecular complexity index is 854. The lowest BCUT2D eigenvalue weighted by molar-refractivity contribution is -0.117. The maximum absolute atomic E-state index is 12.2. The molecule has 1 aromatic rings. The third-order valence-electron chi connectivity index (χ3n) is 3.76. The smallest absolute Gasteiger partial charge is 0.256 e. The summed E-state index contributed by atoms with van der Waals surface area (Å²) >= 11 is 0. The van der Waals surface area contributed by atoms with E-state index >= 15 is 0 Å². The summed E-state index contributed by atoms with van der Waals surface area (Å²) in [7, 11) is -3.39. The summed E-state index contributed by atoms with van der Waals surface area (Å²) in [5, 5.41) is 2.78. The molecule has 0 spiro atoms. The number of fused-ring (bicyclic) bond motifs is 1. The van der Waals surface area contributed by atoms with E-state index < -0.39 is 10.0 Å². The summed E-state index contributed by atoms with van der Waals surface area (Å²) in [5.41, 5.74) is 1.61. The lowest BCUT2D eigenvalue weighted by Crippen LogP contribution is -2.38. The molecule has 0 radical (unpaired) electrons. The van der Waals surface area contributed by atoms with E-state index in [0.717, 1.165) is 11.3 Å². The van der Waals surface area contributed by atoms with Gasteiger partial charge in [-0.15, -0.1) is 4.40 Å². The molecule has 2 aliphatic heterocycles. The number of benzene rings is 1. The second-order valence-electron chi connectivity index (χ2n) is 5.76. The number of amides is 1. The van der Waals surface area contributed by atoms with Crippen LogP contribution in [-0.2, 0) is 14.8 Å². The molecule has 1 amide bonds. The van der Waals surface area contributed by atoms with Gasteiger partial charge in [-0.05, 0) is 31.2 Å². The normalized spacial score (nSPS) is 18.0. The Hall–Kier alpha value is -2.61. The van der Waals surface area contributed by atoms with Gasteiger partial charge in [0, 0.05) is 12.7 Å². The van der Waals surface area contributed by atoms with Gasteiger partial charge < -0.3 is 15.0 Å². The summed E-state index contributed by atoms with van der Waals surface area (Å²) in [4.78, 5) is 13.9. The fourth-order valence-electron chi connectivity index (χ4n) is 2.41. The molecular weight excluding hydrogens is 342 g/mol. The van der Waals surface area contributed by atoms with Crippen LogP contribution in [0.25, 0.3) is 0 Å². The van der Waals surface area contributed by atoms with Gasteiger partial charge in [-0.3, -0.25) is 4.79 Å². The van der Waals surface area contributed by atoms with Gasteiger partial charge in [0.15, 0.2) is 0 Å². The highest BCUT2D eigenvalue weighted by Crippen LogP contribution is 2.16. The molecule has 2 aliphatic rings. The van der Waals surface area contributed by atoms with Crippen molar-refractivity contribution in [2.45, 2.75) is 6.92 Å². The number of carbonyl (C=O) groups is 1. The predicted octanol–water partition coefficient (Wildman–Crippen LogP) is 0.988. The SMILES string of the molecule is Cc1ccc(OCCNC(=O)C2=CN3CCS(=O)(=O)N=C3C=C2)cc1. The first kappa shape index (κ1) is 17.2. The van der Waals surface area contributed by atoms with Gasteiger partial charge in [-0.1, -0.05) is 17.7 Å². The molecule has 0 bridgehead atoms. The van der Waals surface area contributed by atoms with Crippen LogP contribution in [0.4, 0.5) is 0 Å². The van der Waals surface area contributed by atoms with Crippen LogP contribution in [0.2, 0.25) is 0 Å². The summed E-state index contributed by atoms with van der Waals surface area (Å²) in [6, 6.07) is 7.69. The Labute approximate surface area is 146 Å². The van der Waals surface area contributed by atoms with Crippen molar-refractivity contribution in [1.29, 1.82) is 0 Å². The van der Waals surface area contributed by atoms with Crippen molar-refractivity contribution in [3.8, 4) is 5.75 Å². The van der Waals surface area contributed by atoms with Crippen molar-refractivity contribution in [2.24, 2.45) is 4.40 Å². The lowest BCUT2D eigenvalue weighted by Gasteiger charge is -2.26. The number of sulfonamides is 1. The summed E-state index contributed by atoms with van der Waals surface area (Å²) in [6.07, 6.45) is 4.71. The molecule has 8 heteroatoms. The molecule has 0 saturated carbocycles.